The molecule has 0 amide bonds. The minimum atomic E-state index is -0.908. The first-order valence-electron chi connectivity index (χ1n) is 11.2. The van der Waals surface area contributed by atoms with Crippen molar-refractivity contribution >= 4 is 33.7 Å². The predicted octanol–water partition coefficient (Wildman–Crippen LogP) is 1.27. The molecule has 6 atom stereocenters. The van der Waals surface area contributed by atoms with Crippen LogP contribution in [0, 0.1) is 11.8 Å². The number of piperidine rings is 1. The first-order chi connectivity index (χ1) is 15.2. The van der Waals surface area contributed by atoms with Crippen molar-refractivity contribution in [2.75, 3.05) is 6.54 Å². The molecular formula is C20H26N8OS2. The lowest BCUT2D eigenvalue weighted by molar-refractivity contribution is 0.00560. The zero-order valence-corrected chi connectivity index (χ0v) is 19.0. The lowest BCUT2D eigenvalue weighted by atomic mass is 9.74. The molecule has 5 aliphatic rings. The van der Waals surface area contributed by atoms with Gasteiger partial charge in [0.15, 0.2) is 5.65 Å². The second kappa shape index (κ2) is 6.98. The summed E-state index contributed by atoms with van der Waals surface area (Å²) in [4.78, 5) is 4.63. The van der Waals surface area contributed by atoms with Gasteiger partial charge in [-0.1, -0.05) is 23.4 Å². The van der Waals surface area contributed by atoms with E-state index < -0.39 is 10.8 Å². The lowest BCUT2D eigenvalue weighted by Crippen LogP contribution is -2.61. The summed E-state index contributed by atoms with van der Waals surface area (Å²) in [6.07, 6.45) is 7.53. The van der Waals surface area contributed by atoms with Gasteiger partial charge in [-0.05, 0) is 43.2 Å². The average molecular weight is 459 g/mol. The van der Waals surface area contributed by atoms with Gasteiger partial charge in [0.2, 0.25) is 0 Å². The van der Waals surface area contributed by atoms with Gasteiger partial charge in [0.1, 0.15) is 5.52 Å². The molecule has 4 fully saturated rings. The Kier molecular flexibility index (Phi) is 4.28. The van der Waals surface area contributed by atoms with Gasteiger partial charge < -0.3 is 5.43 Å². The van der Waals surface area contributed by atoms with Crippen LogP contribution in [0.3, 0.4) is 0 Å². The van der Waals surface area contributed by atoms with Crippen LogP contribution in [0.4, 0.5) is 0 Å². The van der Waals surface area contributed by atoms with E-state index in [0.717, 1.165) is 47.6 Å². The Morgan fingerprint density at radius 2 is 2.19 bits per heavy atom. The van der Waals surface area contributed by atoms with Crippen LogP contribution in [-0.2, 0) is 17.8 Å². The maximum Gasteiger partial charge on any atom is 0.178 e. The number of nitrogens with zero attached hydrogens (tertiary/aromatic N) is 5. The quantitative estimate of drug-likeness (QED) is 0.628. The second-order valence-electron chi connectivity index (χ2n) is 9.30. The second-order valence-corrected chi connectivity index (χ2v) is 12.4. The standard InChI is InChI=1S/C20H26N8OS2/c1-27-18-14(24-26-27)7-10(9-21-18)13-8-12-15-5-6-22-28(15)25-17-16(12)19(23-13)30-20(17)31(29)11-3-2-4-11/h7,9,11-13,15-16,19,22-23,25H,2-6,8H2,1H3/t12?,13?,15?,16?,19?,31-/m0/s1. The zero-order chi connectivity index (χ0) is 20.7. The van der Waals surface area contributed by atoms with Crippen LogP contribution in [0.15, 0.2) is 22.2 Å². The Morgan fingerprint density at radius 1 is 1.29 bits per heavy atom. The largest absolute Gasteiger partial charge is 0.307 e. The third-order valence-electron chi connectivity index (χ3n) is 7.64. The van der Waals surface area contributed by atoms with Crippen LogP contribution in [0.1, 0.15) is 43.7 Å². The number of thioether (sulfide) groups is 1. The molecule has 9 nitrogen and oxygen atoms in total. The van der Waals surface area contributed by atoms with Crippen molar-refractivity contribution in [1.82, 2.24) is 41.3 Å². The minimum absolute atomic E-state index is 0.205. The fourth-order valence-electron chi connectivity index (χ4n) is 5.81. The molecule has 164 valence electrons. The minimum Gasteiger partial charge on any atom is -0.307 e. The molecule has 0 radical (unpaired) electrons. The topological polar surface area (TPSA) is 100 Å². The highest BCUT2D eigenvalue weighted by molar-refractivity contribution is 8.17. The summed E-state index contributed by atoms with van der Waals surface area (Å²) in [7, 11) is 0.961. The van der Waals surface area contributed by atoms with Gasteiger partial charge in [-0.3, -0.25) is 9.53 Å². The monoisotopic (exact) mass is 458 g/mol. The predicted molar refractivity (Wildman–Crippen MR) is 119 cm³/mol. The molecule has 11 heteroatoms. The van der Waals surface area contributed by atoms with Gasteiger partial charge in [-0.15, -0.1) is 5.10 Å². The molecule has 6 heterocycles. The molecule has 5 unspecified atom stereocenters. The fraction of sp³-hybridized carbons (Fsp3) is 0.650. The first-order valence-corrected chi connectivity index (χ1v) is 13.3. The highest BCUT2D eigenvalue weighted by atomic mass is 32.2. The SMILES string of the molecule is Cn1nnc2cc(C3CC4C5C(=C([S@@](=O)C6CCC6)SC5N3)NN3NCCC43)cnc21. The normalized spacial score (nSPS) is 36.2. The first kappa shape index (κ1) is 19.0. The van der Waals surface area contributed by atoms with E-state index in [1.165, 1.54) is 17.7 Å². The molecule has 3 saturated heterocycles. The number of pyridine rings is 1. The van der Waals surface area contributed by atoms with Crippen molar-refractivity contribution in [2.45, 2.75) is 54.8 Å². The number of nitrogens with one attached hydrogen (secondary N) is 3. The Morgan fingerprint density at radius 3 is 3.03 bits per heavy atom. The van der Waals surface area contributed by atoms with Gasteiger partial charge >= 0.3 is 0 Å². The third kappa shape index (κ3) is 2.80. The third-order valence-corrected chi connectivity index (χ3v) is 11.2. The molecule has 4 aliphatic heterocycles. The fourth-order valence-corrected chi connectivity index (χ4v) is 9.63. The van der Waals surface area contributed by atoms with Crippen LogP contribution in [0.25, 0.3) is 11.2 Å². The van der Waals surface area contributed by atoms with Crippen molar-refractivity contribution in [1.29, 1.82) is 0 Å². The molecule has 2 aromatic heterocycles. The van der Waals surface area contributed by atoms with E-state index in [-0.39, 0.29) is 11.4 Å². The van der Waals surface area contributed by atoms with E-state index in [0.29, 0.717) is 23.1 Å². The van der Waals surface area contributed by atoms with Crippen LogP contribution < -0.4 is 16.2 Å². The van der Waals surface area contributed by atoms with Gasteiger partial charge in [-0.2, -0.15) is 5.12 Å². The van der Waals surface area contributed by atoms with Crippen molar-refractivity contribution in [3.63, 3.8) is 0 Å². The molecular weight excluding hydrogens is 432 g/mol. The van der Waals surface area contributed by atoms with Crippen LogP contribution in [-0.4, -0.2) is 52.5 Å². The zero-order valence-electron chi connectivity index (χ0n) is 17.3. The molecule has 0 spiro atoms. The molecule has 1 saturated carbocycles. The van der Waals surface area contributed by atoms with E-state index in [1.54, 1.807) is 16.4 Å². The van der Waals surface area contributed by atoms with Gasteiger partial charge in [0.05, 0.1) is 26.1 Å². The van der Waals surface area contributed by atoms with Crippen LogP contribution in [0.2, 0.25) is 0 Å². The maximum absolute atomic E-state index is 13.4. The maximum atomic E-state index is 13.4. The summed E-state index contributed by atoms with van der Waals surface area (Å²) >= 11 is 1.80. The number of aromatic nitrogens is 4. The molecule has 7 rings (SSSR count). The summed E-state index contributed by atoms with van der Waals surface area (Å²) in [6.45, 7) is 0.984. The van der Waals surface area contributed by atoms with E-state index in [4.69, 9.17) is 0 Å². The summed E-state index contributed by atoms with van der Waals surface area (Å²) in [6, 6.07) is 2.78. The molecule has 0 aromatic carbocycles. The Hall–Kier alpha value is -1.53. The van der Waals surface area contributed by atoms with Crippen LogP contribution in [0.5, 0.6) is 0 Å². The molecule has 1 aliphatic carbocycles. The van der Waals surface area contributed by atoms with E-state index in [1.807, 2.05) is 13.2 Å². The van der Waals surface area contributed by atoms with E-state index >= 15 is 0 Å². The van der Waals surface area contributed by atoms with Crippen molar-refractivity contribution in [2.24, 2.45) is 18.9 Å². The number of hydrogen-bond acceptors (Lipinski definition) is 9. The number of fused-ring (bicyclic) bond motifs is 3. The Bertz CT molecular complexity index is 1110. The molecule has 0 bridgehead atoms. The van der Waals surface area contributed by atoms with Gasteiger partial charge in [0, 0.05) is 43.0 Å². The van der Waals surface area contributed by atoms with Crippen molar-refractivity contribution in [3.05, 3.63) is 27.8 Å². The van der Waals surface area contributed by atoms with Crippen molar-refractivity contribution in [3.8, 4) is 0 Å². The average Bonchev–Trinajstić information content (AvgIpc) is 3.45. The molecule has 3 N–H and O–H groups in total. The Labute approximate surface area is 187 Å². The molecule has 2 aromatic rings. The number of rotatable bonds is 3. The number of hydrogen-bond donors (Lipinski definition) is 3. The highest BCUT2D eigenvalue weighted by Crippen LogP contribution is 2.55. The highest BCUT2D eigenvalue weighted by Gasteiger charge is 2.55. The molecule has 31 heavy (non-hydrogen) atoms. The van der Waals surface area contributed by atoms with Gasteiger partial charge in [0.25, 0.3) is 0 Å². The van der Waals surface area contributed by atoms with Crippen molar-refractivity contribution < 1.29 is 4.21 Å². The van der Waals surface area contributed by atoms with Gasteiger partial charge in [-0.25, -0.2) is 15.1 Å². The lowest BCUT2D eigenvalue weighted by Gasteiger charge is -2.48. The smallest absolute Gasteiger partial charge is 0.178 e. The summed E-state index contributed by atoms with van der Waals surface area (Å²) in [5.74, 6) is 0.887. The van der Waals surface area contributed by atoms with Crippen LogP contribution >= 0.6 is 11.8 Å². The van der Waals surface area contributed by atoms with E-state index in [9.17, 15) is 4.21 Å². The summed E-state index contributed by atoms with van der Waals surface area (Å²) < 4.78 is 16.1. The number of aryl methyl sites for hydroxylation is 1. The Balaban J connectivity index is 1.25. The number of hydrazine groups is 2. The summed E-state index contributed by atoms with van der Waals surface area (Å²) in [5, 5.41) is 15.0. The summed E-state index contributed by atoms with van der Waals surface area (Å²) in [5.41, 5.74) is 11.1. The van der Waals surface area contributed by atoms with E-state index in [2.05, 4.69) is 42.6 Å².